The molecular formula is C30H38FNO6. The number of piperidine rings is 1. The molecule has 0 spiro atoms. The van der Waals surface area contributed by atoms with Crippen molar-refractivity contribution in [1.29, 1.82) is 0 Å². The molecule has 1 aliphatic heterocycles. The Balaban J connectivity index is 1.80. The van der Waals surface area contributed by atoms with Crippen LogP contribution in [0.4, 0.5) is 9.18 Å². The van der Waals surface area contributed by atoms with Crippen molar-refractivity contribution in [2.75, 3.05) is 13.2 Å². The summed E-state index contributed by atoms with van der Waals surface area (Å²) in [5.74, 6) is -0.444. The number of halogens is 1. The molecule has 0 N–H and O–H groups in total. The van der Waals surface area contributed by atoms with E-state index in [1.807, 2.05) is 0 Å². The van der Waals surface area contributed by atoms with Gasteiger partial charge in [-0.25, -0.2) is 9.18 Å². The Kier molecular flexibility index (Phi) is 9.18. The van der Waals surface area contributed by atoms with Gasteiger partial charge in [0.2, 0.25) is 0 Å². The molecular weight excluding hydrogens is 489 g/mol. The number of ketones is 1. The van der Waals surface area contributed by atoms with Crippen LogP contribution in [0.25, 0.3) is 11.1 Å². The Morgan fingerprint density at radius 2 is 1.66 bits per heavy atom. The molecule has 206 valence electrons. The maximum Gasteiger partial charge on any atom is 0.410 e. The fraction of sp³-hybridized carbons (Fsp3) is 0.500. The first-order chi connectivity index (χ1) is 17.7. The van der Waals surface area contributed by atoms with Crippen molar-refractivity contribution in [3.8, 4) is 16.9 Å². The molecule has 0 bridgehead atoms. The van der Waals surface area contributed by atoms with Gasteiger partial charge in [-0.15, -0.1) is 0 Å². The van der Waals surface area contributed by atoms with E-state index in [0.717, 1.165) is 0 Å². The second-order valence-electron chi connectivity index (χ2n) is 11.5. The van der Waals surface area contributed by atoms with Crippen LogP contribution < -0.4 is 4.74 Å². The molecule has 1 saturated heterocycles. The van der Waals surface area contributed by atoms with Gasteiger partial charge in [0.15, 0.2) is 5.78 Å². The van der Waals surface area contributed by atoms with Crippen LogP contribution in [0.15, 0.2) is 42.5 Å². The van der Waals surface area contributed by atoms with E-state index in [-0.39, 0.29) is 31.2 Å². The molecule has 2 aromatic rings. The Morgan fingerprint density at radius 3 is 2.34 bits per heavy atom. The van der Waals surface area contributed by atoms with Gasteiger partial charge in [0, 0.05) is 30.5 Å². The summed E-state index contributed by atoms with van der Waals surface area (Å²) in [6.07, 6.45) is 0.733. The van der Waals surface area contributed by atoms with E-state index in [1.54, 1.807) is 77.9 Å². The number of likely N-dealkylation sites (tertiary alicyclic amines) is 1. The minimum absolute atomic E-state index is 0.0427. The highest BCUT2D eigenvalue weighted by atomic mass is 19.1. The Bertz CT molecular complexity index is 1160. The third-order valence-corrected chi connectivity index (χ3v) is 5.82. The molecule has 1 fully saturated rings. The van der Waals surface area contributed by atoms with E-state index in [1.165, 1.54) is 11.0 Å². The summed E-state index contributed by atoms with van der Waals surface area (Å²) < 4.78 is 31.7. The normalized spacial score (nSPS) is 16.2. The zero-order valence-corrected chi connectivity index (χ0v) is 23.1. The lowest BCUT2D eigenvalue weighted by Gasteiger charge is -2.36. The molecule has 1 atom stereocenters. The number of amides is 1. The first kappa shape index (κ1) is 29.1. The Labute approximate surface area is 224 Å². The van der Waals surface area contributed by atoms with E-state index in [4.69, 9.17) is 14.2 Å². The third kappa shape index (κ3) is 8.30. The van der Waals surface area contributed by atoms with Crippen molar-refractivity contribution in [1.82, 2.24) is 4.90 Å². The lowest BCUT2D eigenvalue weighted by molar-refractivity contribution is -0.155. The quantitative estimate of drug-likeness (QED) is 0.404. The number of esters is 1. The number of Topliss-reactive ketones (excluding diaryl/α,β-unsaturated/α-hetero) is 1. The fourth-order valence-corrected chi connectivity index (χ4v) is 4.26. The molecule has 7 nitrogen and oxygen atoms in total. The number of nitrogens with zero attached hydrogens (tertiary/aromatic N) is 1. The van der Waals surface area contributed by atoms with Crippen molar-refractivity contribution < 1.29 is 33.0 Å². The monoisotopic (exact) mass is 527 g/mol. The molecule has 38 heavy (non-hydrogen) atoms. The van der Waals surface area contributed by atoms with Crippen LogP contribution in [0.2, 0.25) is 0 Å². The number of carbonyl (C=O) groups excluding carboxylic acids is 3. The van der Waals surface area contributed by atoms with Crippen molar-refractivity contribution in [2.24, 2.45) is 0 Å². The van der Waals surface area contributed by atoms with E-state index in [0.29, 0.717) is 41.8 Å². The van der Waals surface area contributed by atoms with E-state index >= 15 is 4.39 Å². The largest absolute Gasteiger partial charge is 0.492 e. The molecule has 1 unspecified atom stereocenters. The Hall–Kier alpha value is -3.42. The number of hydrogen-bond acceptors (Lipinski definition) is 6. The number of benzene rings is 2. The highest BCUT2D eigenvalue weighted by Gasteiger charge is 2.35. The van der Waals surface area contributed by atoms with E-state index in [2.05, 4.69) is 0 Å². The van der Waals surface area contributed by atoms with E-state index in [9.17, 15) is 14.4 Å². The second-order valence-corrected chi connectivity index (χ2v) is 11.5. The summed E-state index contributed by atoms with van der Waals surface area (Å²) in [4.78, 5) is 39.2. The van der Waals surface area contributed by atoms with Gasteiger partial charge in [0.05, 0.1) is 19.1 Å². The summed E-state index contributed by atoms with van der Waals surface area (Å²) in [6, 6.07) is 11.0. The van der Waals surface area contributed by atoms with Crippen LogP contribution in [-0.4, -0.2) is 53.1 Å². The third-order valence-electron chi connectivity index (χ3n) is 5.82. The molecule has 0 aliphatic carbocycles. The highest BCUT2D eigenvalue weighted by molar-refractivity contribution is 5.89. The smallest absolute Gasteiger partial charge is 0.410 e. The van der Waals surface area contributed by atoms with Crippen molar-refractivity contribution in [2.45, 2.75) is 84.5 Å². The topological polar surface area (TPSA) is 82.1 Å². The van der Waals surface area contributed by atoms with Crippen LogP contribution in [0.3, 0.4) is 0 Å². The molecule has 8 heteroatoms. The summed E-state index contributed by atoms with van der Waals surface area (Å²) >= 11 is 0. The minimum atomic E-state index is -0.683. The van der Waals surface area contributed by atoms with Crippen molar-refractivity contribution in [3.63, 3.8) is 0 Å². The van der Waals surface area contributed by atoms with Gasteiger partial charge in [-0.1, -0.05) is 24.3 Å². The summed E-state index contributed by atoms with van der Waals surface area (Å²) in [6.45, 7) is 11.2. The summed E-state index contributed by atoms with van der Waals surface area (Å²) in [5, 5.41) is 0. The molecule has 0 radical (unpaired) electrons. The van der Waals surface area contributed by atoms with Gasteiger partial charge < -0.3 is 14.2 Å². The van der Waals surface area contributed by atoms with Crippen LogP contribution in [-0.2, 0) is 25.5 Å². The zero-order valence-electron chi connectivity index (χ0n) is 23.1. The van der Waals surface area contributed by atoms with Crippen molar-refractivity contribution in [3.05, 3.63) is 53.8 Å². The molecule has 3 rings (SSSR count). The first-order valence-corrected chi connectivity index (χ1v) is 13.0. The Morgan fingerprint density at radius 1 is 0.974 bits per heavy atom. The maximum absolute atomic E-state index is 15.0. The van der Waals surface area contributed by atoms with Crippen LogP contribution >= 0.6 is 0 Å². The molecule has 1 amide bonds. The number of carbonyl (C=O) groups is 3. The maximum atomic E-state index is 15.0. The van der Waals surface area contributed by atoms with E-state index < -0.39 is 29.2 Å². The van der Waals surface area contributed by atoms with Crippen LogP contribution in [0, 0.1) is 5.82 Å². The summed E-state index contributed by atoms with van der Waals surface area (Å²) in [5.41, 5.74) is 0.270. The number of para-hydroxylation sites is 1. The average Bonchev–Trinajstić information content (AvgIpc) is 2.79. The van der Waals surface area contributed by atoms with Crippen molar-refractivity contribution >= 4 is 17.8 Å². The average molecular weight is 528 g/mol. The number of hydrogen-bond donors (Lipinski definition) is 0. The van der Waals surface area contributed by atoms with Crippen LogP contribution in [0.1, 0.15) is 66.4 Å². The lowest BCUT2D eigenvalue weighted by atomic mass is 9.92. The standard InChI is InChI=1S/C30H38FNO6/c1-29(2,3)37-27(34)15-17-36-26-12-8-7-10-21(26)22-18-20(13-14-23(22)31)19-24-25(33)11-9-16-32(24)28(35)38-30(4,5)6/h7-8,10,12-14,18,24H,9,11,15-17,19H2,1-6H3. The zero-order chi connectivity index (χ0) is 28.1. The molecule has 2 aromatic carbocycles. The van der Waals surface area contributed by atoms with Gasteiger partial charge >= 0.3 is 12.1 Å². The molecule has 0 saturated carbocycles. The van der Waals surface area contributed by atoms with Gasteiger partial charge in [0.1, 0.15) is 22.8 Å². The van der Waals surface area contributed by atoms with Gasteiger partial charge in [-0.05, 0) is 71.7 Å². The number of ether oxygens (including phenoxy) is 3. The van der Waals surface area contributed by atoms with Gasteiger partial charge in [-0.2, -0.15) is 0 Å². The second kappa shape index (κ2) is 12.0. The van der Waals surface area contributed by atoms with Gasteiger partial charge in [-0.3, -0.25) is 14.5 Å². The predicted octanol–water partition coefficient (Wildman–Crippen LogP) is 6.11. The van der Waals surface area contributed by atoms with Crippen LogP contribution in [0.5, 0.6) is 5.75 Å². The summed E-state index contributed by atoms with van der Waals surface area (Å²) in [7, 11) is 0. The molecule has 1 aliphatic rings. The minimum Gasteiger partial charge on any atom is -0.492 e. The SMILES string of the molecule is CC(C)(C)OC(=O)CCOc1ccccc1-c1cc(CC2C(=O)CCCN2C(=O)OC(C)(C)C)ccc1F. The van der Waals surface area contributed by atoms with Gasteiger partial charge in [0.25, 0.3) is 0 Å². The molecule has 0 aromatic heterocycles. The number of rotatable bonds is 7. The fourth-order valence-electron chi connectivity index (χ4n) is 4.26. The lowest BCUT2D eigenvalue weighted by Crippen LogP contribution is -2.51. The predicted molar refractivity (Wildman–Crippen MR) is 142 cm³/mol. The molecule has 1 heterocycles. The highest BCUT2D eigenvalue weighted by Crippen LogP contribution is 2.33. The first-order valence-electron chi connectivity index (χ1n) is 13.0.